The van der Waals surface area contributed by atoms with Gasteiger partial charge in [-0.3, -0.25) is 9.69 Å². The van der Waals surface area contributed by atoms with Crippen molar-refractivity contribution in [3.8, 4) is 0 Å². The van der Waals surface area contributed by atoms with E-state index in [-0.39, 0.29) is 4.90 Å². The molecule has 0 bridgehead atoms. The zero-order chi connectivity index (χ0) is 22.1. The number of sulfone groups is 1. The molecule has 0 N–H and O–H groups in total. The van der Waals surface area contributed by atoms with E-state index in [0.29, 0.717) is 18.2 Å². The fourth-order valence-corrected chi connectivity index (χ4v) is 5.29. The van der Waals surface area contributed by atoms with Gasteiger partial charge in [-0.25, -0.2) is 13.4 Å². The second-order valence-electron chi connectivity index (χ2n) is 7.77. The van der Waals surface area contributed by atoms with Crippen molar-refractivity contribution in [1.82, 2.24) is 9.88 Å². The lowest BCUT2D eigenvalue weighted by molar-refractivity contribution is -0.116. The Kier molecular flexibility index (Phi) is 6.59. The summed E-state index contributed by atoms with van der Waals surface area (Å²) in [4.78, 5) is 21.5. The monoisotopic (exact) mass is 445 g/mol. The predicted octanol–water partition coefficient (Wildman–Crippen LogP) is 3.59. The van der Waals surface area contributed by atoms with Crippen LogP contribution in [0.3, 0.4) is 0 Å². The molecule has 2 aromatic carbocycles. The number of thiazole rings is 1. The normalized spacial score (nSPS) is 11.9. The first-order chi connectivity index (χ1) is 14.1. The Morgan fingerprint density at radius 3 is 2.30 bits per heavy atom. The Balaban J connectivity index is 1.94. The molecule has 0 saturated heterocycles. The van der Waals surface area contributed by atoms with Gasteiger partial charge in [0.25, 0.3) is 0 Å². The van der Waals surface area contributed by atoms with Crippen molar-refractivity contribution in [2.75, 3.05) is 37.8 Å². The van der Waals surface area contributed by atoms with Crippen LogP contribution in [-0.2, 0) is 14.6 Å². The molecule has 1 heterocycles. The lowest BCUT2D eigenvalue weighted by Crippen LogP contribution is -2.40. The van der Waals surface area contributed by atoms with E-state index in [9.17, 15) is 13.2 Å². The highest BCUT2D eigenvalue weighted by Gasteiger charge is 2.26. The molecule has 160 valence electrons. The summed E-state index contributed by atoms with van der Waals surface area (Å²) in [5, 5.41) is 0.532. The maximum atomic E-state index is 13.1. The van der Waals surface area contributed by atoms with E-state index in [2.05, 4.69) is 0 Å². The summed E-state index contributed by atoms with van der Waals surface area (Å²) in [6.07, 6.45) is 0. The minimum absolute atomic E-state index is 0.157. The smallest absolute Gasteiger partial charge is 0.244 e. The van der Waals surface area contributed by atoms with Gasteiger partial charge < -0.3 is 4.90 Å². The van der Waals surface area contributed by atoms with Gasteiger partial charge in [0, 0.05) is 13.1 Å². The number of rotatable bonds is 7. The van der Waals surface area contributed by atoms with Crippen LogP contribution in [0, 0.1) is 20.8 Å². The quantitative estimate of drug-likeness (QED) is 0.556. The molecular weight excluding hydrogens is 418 g/mol. The Morgan fingerprint density at radius 2 is 1.67 bits per heavy atom. The maximum absolute atomic E-state index is 13.1. The summed E-state index contributed by atoms with van der Waals surface area (Å²) in [6, 6.07) is 10.6. The van der Waals surface area contributed by atoms with Gasteiger partial charge in [-0.05, 0) is 64.2 Å². The molecule has 0 fully saturated rings. The van der Waals surface area contributed by atoms with E-state index in [1.165, 1.54) is 16.2 Å². The highest BCUT2D eigenvalue weighted by Crippen LogP contribution is 2.32. The van der Waals surface area contributed by atoms with Crippen molar-refractivity contribution in [1.29, 1.82) is 0 Å². The third kappa shape index (κ3) is 4.88. The summed E-state index contributed by atoms with van der Waals surface area (Å²) in [7, 11) is 0.0877. The molecule has 0 aliphatic rings. The number of nitrogens with zero attached hydrogens (tertiary/aromatic N) is 3. The average Bonchev–Trinajstić information content (AvgIpc) is 3.09. The second kappa shape index (κ2) is 8.83. The average molecular weight is 446 g/mol. The molecule has 0 atom stereocenters. The van der Waals surface area contributed by atoms with Crippen LogP contribution in [0.2, 0.25) is 0 Å². The van der Waals surface area contributed by atoms with Gasteiger partial charge >= 0.3 is 0 Å². The van der Waals surface area contributed by atoms with E-state index in [4.69, 9.17) is 4.98 Å². The molecule has 0 unspecified atom stereocenters. The summed E-state index contributed by atoms with van der Waals surface area (Å²) < 4.78 is 26.6. The van der Waals surface area contributed by atoms with Gasteiger partial charge in [0.05, 0.1) is 15.1 Å². The Morgan fingerprint density at radius 1 is 1.00 bits per heavy atom. The Hall–Kier alpha value is -2.29. The SMILES string of the molecule is Cc1ccc(S(=O)(=O)CC(=O)N(CCN(C)C)c2nc3c(C)c(C)ccc3s2)cc1. The lowest BCUT2D eigenvalue weighted by Gasteiger charge is -2.22. The van der Waals surface area contributed by atoms with Crippen molar-refractivity contribution < 1.29 is 13.2 Å². The largest absolute Gasteiger partial charge is 0.308 e. The number of benzene rings is 2. The van der Waals surface area contributed by atoms with Crippen LogP contribution in [0.4, 0.5) is 5.13 Å². The van der Waals surface area contributed by atoms with Crippen LogP contribution in [-0.4, -0.2) is 57.1 Å². The summed E-state index contributed by atoms with van der Waals surface area (Å²) in [5.74, 6) is -1.05. The molecule has 1 aromatic heterocycles. The molecule has 0 spiro atoms. The topological polar surface area (TPSA) is 70.6 Å². The van der Waals surface area contributed by atoms with Gasteiger partial charge in [0.2, 0.25) is 5.91 Å². The number of aromatic nitrogens is 1. The Bertz CT molecular complexity index is 1170. The van der Waals surface area contributed by atoms with Crippen molar-refractivity contribution >= 4 is 42.4 Å². The van der Waals surface area contributed by atoms with Crippen LogP contribution in [0.5, 0.6) is 0 Å². The number of aryl methyl sites for hydroxylation is 3. The molecule has 0 saturated carbocycles. The molecule has 0 aliphatic heterocycles. The molecule has 3 rings (SSSR count). The Labute approximate surface area is 182 Å². The standard InChI is InChI=1S/C22H27N3O3S2/c1-15-6-9-18(10-7-15)30(27,28)14-20(26)25(13-12-24(4)5)22-23-21-17(3)16(2)8-11-19(21)29-22/h6-11H,12-14H2,1-5H3. The number of hydrogen-bond donors (Lipinski definition) is 0. The highest BCUT2D eigenvalue weighted by molar-refractivity contribution is 7.92. The van der Waals surface area contributed by atoms with E-state index in [1.807, 2.05) is 51.9 Å². The fraction of sp³-hybridized carbons (Fsp3) is 0.364. The van der Waals surface area contributed by atoms with Gasteiger partial charge in [0.1, 0.15) is 5.75 Å². The van der Waals surface area contributed by atoms with Gasteiger partial charge in [-0.15, -0.1) is 0 Å². The molecular formula is C22H27N3O3S2. The lowest BCUT2D eigenvalue weighted by atomic mass is 10.1. The van der Waals surface area contributed by atoms with Gasteiger partial charge in [0.15, 0.2) is 15.0 Å². The number of likely N-dealkylation sites (N-methyl/N-ethyl adjacent to an activating group) is 1. The number of hydrogen-bond acceptors (Lipinski definition) is 6. The summed E-state index contributed by atoms with van der Waals surface area (Å²) in [6.45, 7) is 6.89. The van der Waals surface area contributed by atoms with Crippen LogP contribution in [0.15, 0.2) is 41.3 Å². The van der Waals surface area contributed by atoms with E-state index in [0.717, 1.165) is 26.9 Å². The molecule has 8 heteroatoms. The first-order valence-corrected chi connectivity index (χ1v) is 12.2. The maximum Gasteiger partial charge on any atom is 0.244 e. The van der Waals surface area contributed by atoms with Crippen LogP contribution < -0.4 is 4.90 Å². The highest BCUT2D eigenvalue weighted by atomic mass is 32.2. The third-order valence-corrected chi connectivity index (χ3v) is 7.73. The van der Waals surface area contributed by atoms with Crippen LogP contribution in [0.1, 0.15) is 16.7 Å². The predicted molar refractivity (Wildman–Crippen MR) is 123 cm³/mol. The molecule has 3 aromatic rings. The van der Waals surface area contributed by atoms with Crippen molar-refractivity contribution in [2.45, 2.75) is 25.7 Å². The molecule has 1 amide bonds. The van der Waals surface area contributed by atoms with Crippen molar-refractivity contribution in [3.63, 3.8) is 0 Å². The van der Waals surface area contributed by atoms with Gasteiger partial charge in [-0.2, -0.15) is 0 Å². The first kappa shape index (κ1) is 22.4. The van der Waals surface area contributed by atoms with E-state index in [1.54, 1.807) is 24.3 Å². The number of amides is 1. The minimum Gasteiger partial charge on any atom is -0.308 e. The molecule has 30 heavy (non-hydrogen) atoms. The van der Waals surface area contributed by atoms with E-state index < -0.39 is 21.5 Å². The zero-order valence-electron chi connectivity index (χ0n) is 18.0. The van der Waals surface area contributed by atoms with Crippen LogP contribution in [0.25, 0.3) is 10.2 Å². The first-order valence-electron chi connectivity index (χ1n) is 9.70. The molecule has 0 aliphatic carbocycles. The van der Waals surface area contributed by atoms with Crippen LogP contribution >= 0.6 is 11.3 Å². The zero-order valence-corrected chi connectivity index (χ0v) is 19.6. The molecule has 6 nitrogen and oxygen atoms in total. The van der Waals surface area contributed by atoms with E-state index >= 15 is 0 Å². The summed E-state index contributed by atoms with van der Waals surface area (Å²) in [5.41, 5.74) is 4.03. The molecule has 0 radical (unpaired) electrons. The van der Waals surface area contributed by atoms with Crippen molar-refractivity contribution in [3.05, 3.63) is 53.1 Å². The van der Waals surface area contributed by atoms with Gasteiger partial charge in [-0.1, -0.05) is 35.1 Å². The third-order valence-electron chi connectivity index (χ3n) is 5.07. The second-order valence-corrected chi connectivity index (χ2v) is 10.8. The minimum atomic E-state index is -3.74. The number of carbonyl (C=O) groups excluding carboxylic acids is 1. The van der Waals surface area contributed by atoms with Crippen molar-refractivity contribution in [2.24, 2.45) is 0 Å². The fourth-order valence-electron chi connectivity index (χ4n) is 3.03. The number of anilines is 1. The number of fused-ring (bicyclic) bond motifs is 1. The number of carbonyl (C=O) groups is 1. The summed E-state index contributed by atoms with van der Waals surface area (Å²) >= 11 is 1.41.